The zero-order valence-electron chi connectivity index (χ0n) is 16.4. The first-order valence-electron chi connectivity index (χ1n) is 9.70. The van der Waals surface area contributed by atoms with Crippen molar-refractivity contribution in [3.05, 3.63) is 53.7 Å². The first-order chi connectivity index (χ1) is 13.4. The summed E-state index contributed by atoms with van der Waals surface area (Å²) in [7, 11) is 0. The Hall–Kier alpha value is -2.95. The Labute approximate surface area is 167 Å². The van der Waals surface area contributed by atoms with Crippen LogP contribution in [0, 0.1) is 0 Å². The first kappa shape index (κ1) is 17.2. The quantitative estimate of drug-likeness (QED) is 0.643. The van der Waals surface area contributed by atoms with Gasteiger partial charge in [-0.15, -0.1) is 0 Å². The second-order valence-corrected chi connectivity index (χ2v) is 8.82. The molecule has 2 aromatic carbocycles. The number of anilines is 1. The molecule has 1 aliphatic carbocycles. The molecular weight excluding hydrogens is 352 g/mol. The minimum atomic E-state index is -0.485. The van der Waals surface area contributed by atoms with Crippen molar-refractivity contribution in [3.8, 4) is 11.5 Å². The first-order valence-corrected chi connectivity index (χ1v) is 9.70. The van der Waals surface area contributed by atoms with Gasteiger partial charge in [-0.05, 0) is 65.1 Å². The van der Waals surface area contributed by atoms with Crippen molar-refractivity contribution in [1.82, 2.24) is 4.98 Å². The van der Waals surface area contributed by atoms with Crippen LogP contribution in [0.3, 0.4) is 0 Å². The van der Waals surface area contributed by atoms with Gasteiger partial charge in [-0.3, -0.25) is 4.79 Å². The summed E-state index contributed by atoms with van der Waals surface area (Å²) in [6.45, 7) is 6.74. The minimum absolute atomic E-state index is 0. The van der Waals surface area contributed by atoms with E-state index in [0.717, 1.165) is 52.1 Å². The number of rotatable bonds is 3. The fraction of sp³-hybridized carbons (Fsp3) is 0.348. The Morgan fingerprint density at radius 3 is 2.64 bits per heavy atom. The molecule has 1 aliphatic heterocycles. The molecule has 0 radical (unpaired) electrons. The highest BCUT2D eigenvalue weighted by Crippen LogP contribution is 2.51. The number of hydrogen-bond donors (Lipinski definition) is 2. The van der Waals surface area contributed by atoms with Gasteiger partial charge in [-0.25, -0.2) is 0 Å². The number of aromatic nitrogens is 1. The SMILES string of the molecule is CC(C)(C)c1cc2cc[nH]c2cc1NC(=O)C1(c2ccc3c(c2)OCO3)CC1.[HH].[HH]. The van der Waals surface area contributed by atoms with Gasteiger partial charge < -0.3 is 19.8 Å². The molecular formula is C23H28N2O3. The molecule has 3 aromatic rings. The van der Waals surface area contributed by atoms with Gasteiger partial charge in [-0.1, -0.05) is 26.8 Å². The number of hydrogen-bond acceptors (Lipinski definition) is 3. The molecule has 1 saturated carbocycles. The second kappa shape index (κ2) is 5.77. The Morgan fingerprint density at radius 1 is 1.11 bits per heavy atom. The van der Waals surface area contributed by atoms with Crippen molar-refractivity contribution in [3.63, 3.8) is 0 Å². The van der Waals surface area contributed by atoms with Crippen LogP contribution in [0.2, 0.25) is 0 Å². The second-order valence-electron chi connectivity index (χ2n) is 8.82. The van der Waals surface area contributed by atoms with Gasteiger partial charge >= 0.3 is 0 Å². The van der Waals surface area contributed by atoms with Gasteiger partial charge in [0.2, 0.25) is 12.7 Å². The largest absolute Gasteiger partial charge is 0.454 e. The molecule has 5 rings (SSSR count). The number of fused-ring (bicyclic) bond motifs is 2. The van der Waals surface area contributed by atoms with E-state index in [0.29, 0.717) is 0 Å². The molecule has 0 unspecified atom stereocenters. The molecule has 1 aromatic heterocycles. The van der Waals surface area contributed by atoms with E-state index in [1.165, 1.54) is 0 Å². The summed E-state index contributed by atoms with van der Waals surface area (Å²) < 4.78 is 10.9. The van der Waals surface area contributed by atoms with Gasteiger partial charge in [0, 0.05) is 20.3 Å². The van der Waals surface area contributed by atoms with Crippen LogP contribution in [0.5, 0.6) is 11.5 Å². The van der Waals surface area contributed by atoms with Crippen molar-refractivity contribution >= 4 is 22.5 Å². The van der Waals surface area contributed by atoms with E-state index < -0.39 is 5.41 Å². The molecule has 1 fully saturated rings. The summed E-state index contributed by atoms with van der Waals surface area (Å²) in [5.41, 5.74) is 3.46. The summed E-state index contributed by atoms with van der Waals surface area (Å²) in [4.78, 5) is 16.6. The Balaban J connectivity index is 0.00000128. The highest BCUT2D eigenvalue weighted by Gasteiger charge is 2.52. The van der Waals surface area contributed by atoms with E-state index in [1.54, 1.807) is 0 Å². The van der Waals surface area contributed by atoms with Crippen molar-refractivity contribution in [2.24, 2.45) is 0 Å². The van der Waals surface area contributed by atoms with Crippen molar-refractivity contribution in [2.45, 2.75) is 44.4 Å². The van der Waals surface area contributed by atoms with Gasteiger partial charge in [0.05, 0.1) is 5.41 Å². The standard InChI is InChI=1S/C23H24N2O3.2H2/c1-22(2,3)16-10-14-6-9-24-17(14)12-18(16)25-21(26)23(7-8-23)15-4-5-19-20(11-15)28-13-27-19;;/h4-6,9-12,24H,7-8,13H2,1-3H3,(H,25,26);2*1H. The smallest absolute Gasteiger partial charge is 0.235 e. The summed E-state index contributed by atoms with van der Waals surface area (Å²) in [6.07, 6.45) is 3.61. The highest BCUT2D eigenvalue weighted by atomic mass is 16.7. The number of carbonyl (C=O) groups is 1. The van der Waals surface area contributed by atoms with Crippen LogP contribution < -0.4 is 14.8 Å². The average Bonchev–Trinajstić information content (AvgIpc) is 3.11. The predicted molar refractivity (Wildman–Crippen MR) is 113 cm³/mol. The fourth-order valence-corrected chi connectivity index (χ4v) is 4.03. The number of benzene rings is 2. The molecule has 28 heavy (non-hydrogen) atoms. The third-order valence-corrected chi connectivity index (χ3v) is 5.86. The summed E-state index contributed by atoms with van der Waals surface area (Å²) in [6, 6.07) is 12.1. The molecule has 5 nitrogen and oxygen atoms in total. The highest BCUT2D eigenvalue weighted by molar-refractivity contribution is 6.03. The fourth-order valence-electron chi connectivity index (χ4n) is 4.03. The van der Waals surface area contributed by atoms with E-state index in [2.05, 4.69) is 43.2 Å². The van der Waals surface area contributed by atoms with Crippen LogP contribution >= 0.6 is 0 Å². The van der Waals surface area contributed by atoms with Crippen molar-refractivity contribution < 1.29 is 17.1 Å². The lowest BCUT2D eigenvalue weighted by atomic mass is 9.84. The third kappa shape index (κ3) is 2.65. The van der Waals surface area contributed by atoms with Gasteiger partial charge in [0.1, 0.15) is 0 Å². The van der Waals surface area contributed by atoms with E-state index >= 15 is 0 Å². The third-order valence-electron chi connectivity index (χ3n) is 5.86. The number of H-pyrrole nitrogens is 1. The minimum Gasteiger partial charge on any atom is -0.454 e. The van der Waals surface area contributed by atoms with E-state index in [1.807, 2.05) is 30.5 Å². The lowest BCUT2D eigenvalue weighted by molar-refractivity contribution is -0.118. The average molecular weight is 380 g/mol. The van der Waals surface area contributed by atoms with Crippen LogP contribution in [0.15, 0.2) is 42.6 Å². The van der Waals surface area contributed by atoms with Crippen molar-refractivity contribution in [2.75, 3.05) is 12.1 Å². The molecule has 0 spiro atoms. The maximum absolute atomic E-state index is 13.4. The molecule has 2 aliphatic rings. The Morgan fingerprint density at radius 2 is 1.89 bits per heavy atom. The number of nitrogens with one attached hydrogen (secondary N) is 2. The van der Waals surface area contributed by atoms with E-state index in [-0.39, 0.29) is 21.0 Å². The zero-order valence-corrected chi connectivity index (χ0v) is 16.4. The van der Waals surface area contributed by atoms with Crippen LogP contribution in [0.1, 0.15) is 47.6 Å². The molecule has 0 saturated heterocycles. The van der Waals surface area contributed by atoms with Crippen LogP contribution in [-0.2, 0) is 15.6 Å². The molecule has 2 N–H and O–H groups in total. The van der Waals surface area contributed by atoms with Gasteiger partial charge in [-0.2, -0.15) is 0 Å². The monoisotopic (exact) mass is 380 g/mol. The number of ether oxygens (including phenoxy) is 2. The summed E-state index contributed by atoms with van der Waals surface area (Å²) in [5.74, 6) is 1.51. The van der Waals surface area contributed by atoms with E-state index in [9.17, 15) is 4.79 Å². The van der Waals surface area contributed by atoms with Crippen molar-refractivity contribution in [1.29, 1.82) is 0 Å². The lowest BCUT2D eigenvalue weighted by Gasteiger charge is -2.25. The Bertz CT molecular complexity index is 1100. The molecule has 0 bridgehead atoms. The van der Waals surface area contributed by atoms with E-state index in [4.69, 9.17) is 9.47 Å². The summed E-state index contributed by atoms with van der Waals surface area (Å²) in [5, 5.41) is 4.39. The van der Waals surface area contributed by atoms with Crippen LogP contribution in [0.25, 0.3) is 10.9 Å². The predicted octanol–water partition coefficient (Wildman–Crippen LogP) is 5.36. The topological polar surface area (TPSA) is 63.4 Å². The zero-order chi connectivity index (χ0) is 19.5. The van der Waals surface area contributed by atoms with Gasteiger partial charge in [0.15, 0.2) is 11.5 Å². The van der Waals surface area contributed by atoms with Crippen LogP contribution in [-0.4, -0.2) is 17.7 Å². The number of amides is 1. The molecule has 1 amide bonds. The Kier molecular flexibility index (Phi) is 3.54. The molecule has 5 heteroatoms. The lowest BCUT2D eigenvalue weighted by Crippen LogP contribution is -2.29. The molecule has 148 valence electrons. The normalized spacial score (nSPS) is 17.0. The molecule has 0 atom stereocenters. The van der Waals surface area contributed by atoms with Gasteiger partial charge in [0.25, 0.3) is 0 Å². The maximum atomic E-state index is 13.4. The van der Waals surface area contributed by atoms with Crippen LogP contribution in [0.4, 0.5) is 5.69 Å². The maximum Gasteiger partial charge on any atom is 0.235 e. The number of aromatic amines is 1. The number of carbonyl (C=O) groups excluding carboxylic acids is 1. The summed E-state index contributed by atoms with van der Waals surface area (Å²) >= 11 is 0. The molecule has 2 heterocycles.